The number of carbonyl (C=O) groups is 1. The fraction of sp³-hybridized carbons (Fsp3) is 0.300. The predicted octanol–water partition coefficient (Wildman–Crippen LogP) is 2.94. The summed E-state index contributed by atoms with van der Waals surface area (Å²) in [6.45, 7) is 3.84. The van der Waals surface area contributed by atoms with Crippen molar-refractivity contribution in [3.05, 3.63) is 21.9 Å². The van der Waals surface area contributed by atoms with E-state index in [1.54, 1.807) is 6.92 Å². The lowest BCUT2D eigenvalue weighted by Crippen LogP contribution is -2.04. The number of esters is 1. The molecule has 0 aliphatic heterocycles. The summed E-state index contributed by atoms with van der Waals surface area (Å²) in [6, 6.07) is 0. The first-order chi connectivity index (χ1) is 8.13. The van der Waals surface area contributed by atoms with Gasteiger partial charge in [0, 0.05) is 0 Å². The third kappa shape index (κ3) is 2.32. The standard InChI is InChI=1S/C10H9ClN2O3S/c1-3-15-10(14)9-13-12-8(16-9)7-6(11)5(2)4-17-7/h4H,3H2,1-2H3. The van der Waals surface area contributed by atoms with Gasteiger partial charge in [0.05, 0.1) is 11.6 Å². The quantitative estimate of drug-likeness (QED) is 0.804. The highest BCUT2D eigenvalue weighted by atomic mass is 35.5. The number of hydrogen-bond donors (Lipinski definition) is 0. The molecule has 90 valence electrons. The second kappa shape index (κ2) is 4.85. The molecule has 0 saturated carbocycles. The molecule has 0 aromatic carbocycles. The maximum Gasteiger partial charge on any atom is 0.396 e. The molecule has 7 heteroatoms. The van der Waals surface area contributed by atoms with E-state index in [1.165, 1.54) is 11.3 Å². The normalized spacial score (nSPS) is 10.5. The van der Waals surface area contributed by atoms with Gasteiger partial charge in [0.1, 0.15) is 4.88 Å². The number of hydrogen-bond acceptors (Lipinski definition) is 6. The number of rotatable bonds is 3. The molecule has 0 radical (unpaired) electrons. The van der Waals surface area contributed by atoms with E-state index in [1.807, 2.05) is 12.3 Å². The van der Waals surface area contributed by atoms with Gasteiger partial charge in [0.2, 0.25) is 0 Å². The van der Waals surface area contributed by atoms with Gasteiger partial charge in [-0.3, -0.25) is 0 Å². The molecule has 0 saturated heterocycles. The van der Waals surface area contributed by atoms with Crippen LogP contribution in [0.1, 0.15) is 23.2 Å². The molecule has 0 amide bonds. The third-order valence-corrected chi connectivity index (χ3v) is 3.65. The van der Waals surface area contributed by atoms with E-state index in [0.29, 0.717) is 9.90 Å². The summed E-state index contributed by atoms with van der Waals surface area (Å²) in [5.74, 6) is -0.559. The second-order valence-corrected chi connectivity index (χ2v) is 4.45. The largest absolute Gasteiger partial charge is 0.459 e. The number of aromatic nitrogens is 2. The lowest BCUT2D eigenvalue weighted by atomic mass is 10.3. The predicted molar refractivity (Wildman–Crippen MR) is 63.3 cm³/mol. The maximum atomic E-state index is 11.3. The Kier molecular flexibility index (Phi) is 3.44. The first-order valence-electron chi connectivity index (χ1n) is 4.88. The fourth-order valence-corrected chi connectivity index (χ4v) is 2.36. The van der Waals surface area contributed by atoms with Crippen molar-refractivity contribution in [3.8, 4) is 10.8 Å². The van der Waals surface area contributed by atoms with Crippen LogP contribution >= 0.6 is 22.9 Å². The molecule has 0 fully saturated rings. The van der Waals surface area contributed by atoms with Gasteiger partial charge in [0.15, 0.2) is 0 Å². The van der Waals surface area contributed by atoms with Crippen molar-refractivity contribution in [2.24, 2.45) is 0 Å². The van der Waals surface area contributed by atoms with Crippen molar-refractivity contribution in [1.29, 1.82) is 0 Å². The van der Waals surface area contributed by atoms with Gasteiger partial charge < -0.3 is 9.15 Å². The molecule has 0 spiro atoms. The summed E-state index contributed by atoms with van der Waals surface area (Å²) in [5.41, 5.74) is 0.933. The van der Waals surface area contributed by atoms with Crippen LogP contribution < -0.4 is 0 Å². The van der Waals surface area contributed by atoms with Crippen LogP contribution in [0, 0.1) is 6.92 Å². The maximum absolute atomic E-state index is 11.3. The summed E-state index contributed by atoms with van der Waals surface area (Å²) in [4.78, 5) is 12.0. The molecule has 0 unspecified atom stereocenters. The molecule has 0 aliphatic carbocycles. The lowest BCUT2D eigenvalue weighted by Gasteiger charge is -1.94. The molecule has 2 rings (SSSR count). The second-order valence-electron chi connectivity index (χ2n) is 3.19. The number of ether oxygens (including phenoxy) is 1. The Bertz CT molecular complexity index is 549. The molecule has 2 aromatic rings. The summed E-state index contributed by atoms with van der Waals surface area (Å²) in [7, 11) is 0. The molecule has 0 aliphatic rings. The van der Waals surface area contributed by atoms with Crippen molar-refractivity contribution in [1.82, 2.24) is 10.2 Å². The zero-order valence-corrected chi connectivity index (χ0v) is 10.8. The van der Waals surface area contributed by atoms with Crippen LogP contribution in [0.2, 0.25) is 5.02 Å². The van der Waals surface area contributed by atoms with E-state index in [2.05, 4.69) is 10.2 Å². The van der Waals surface area contributed by atoms with Crippen LogP contribution in [0.25, 0.3) is 10.8 Å². The van der Waals surface area contributed by atoms with Gasteiger partial charge in [-0.25, -0.2) is 4.79 Å². The number of halogens is 1. The van der Waals surface area contributed by atoms with Gasteiger partial charge in [-0.15, -0.1) is 21.5 Å². The third-order valence-electron chi connectivity index (χ3n) is 1.97. The van der Waals surface area contributed by atoms with Crippen LogP contribution in [-0.4, -0.2) is 22.8 Å². The molecule has 0 N–H and O–H groups in total. The van der Waals surface area contributed by atoms with Crippen LogP contribution in [0.15, 0.2) is 9.80 Å². The van der Waals surface area contributed by atoms with Crippen molar-refractivity contribution >= 4 is 28.9 Å². The minimum Gasteiger partial charge on any atom is -0.459 e. The van der Waals surface area contributed by atoms with E-state index in [9.17, 15) is 4.79 Å². The Hall–Kier alpha value is -1.40. The van der Waals surface area contributed by atoms with Crippen LogP contribution in [0.4, 0.5) is 0 Å². The Morgan fingerprint density at radius 1 is 1.59 bits per heavy atom. The first-order valence-corrected chi connectivity index (χ1v) is 6.13. The van der Waals surface area contributed by atoms with Crippen LogP contribution in [-0.2, 0) is 4.74 Å². The highest BCUT2D eigenvalue weighted by Gasteiger charge is 2.19. The smallest absolute Gasteiger partial charge is 0.396 e. The van der Waals surface area contributed by atoms with E-state index < -0.39 is 5.97 Å². The molecule has 5 nitrogen and oxygen atoms in total. The number of nitrogens with zero attached hydrogens (tertiary/aromatic N) is 2. The van der Waals surface area contributed by atoms with Gasteiger partial charge in [-0.2, -0.15) is 0 Å². The molecule has 2 heterocycles. The Labute approximate surface area is 106 Å². The SMILES string of the molecule is CCOC(=O)c1nnc(-c2scc(C)c2Cl)o1. The molecule has 17 heavy (non-hydrogen) atoms. The van der Waals surface area contributed by atoms with E-state index in [-0.39, 0.29) is 18.4 Å². The van der Waals surface area contributed by atoms with E-state index in [0.717, 1.165) is 5.56 Å². The summed E-state index contributed by atoms with van der Waals surface area (Å²) < 4.78 is 9.96. The minimum absolute atomic E-state index is 0.163. The Morgan fingerprint density at radius 2 is 2.35 bits per heavy atom. The topological polar surface area (TPSA) is 65.2 Å². The molecule has 0 atom stereocenters. The van der Waals surface area contributed by atoms with Crippen LogP contribution in [0.3, 0.4) is 0 Å². The average molecular weight is 273 g/mol. The van der Waals surface area contributed by atoms with Crippen molar-refractivity contribution in [2.45, 2.75) is 13.8 Å². The summed E-state index contributed by atoms with van der Waals surface area (Å²) in [6.07, 6.45) is 0. The van der Waals surface area contributed by atoms with Crippen molar-refractivity contribution in [2.75, 3.05) is 6.61 Å². The molecule has 2 aromatic heterocycles. The highest BCUT2D eigenvalue weighted by Crippen LogP contribution is 2.35. The number of aryl methyl sites for hydroxylation is 1. The van der Waals surface area contributed by atoms with Gasteiger partial charge in [-0.05, 0) is 24.8 Å². The lowest BCUT2D eigenvalue weighted by molar-refractivity contribution is 0.0481. The summed E-state index contributed by atoms with van der Waals surface area (Å²) >= 11 is 7.45. The van der Waals surface area contributed by atoms with Gasteiger partial charge in [0.25, 0.3) is 5.89 Å². The monoisotopic (exact) mass is 272 g/mol. The Morgan fingerprint density at radius 3 is 2.94 bits per heavy atom. The summed E-state index contributed by atoms with van der Waals surface area (Å²) in [5, 5.41) is 9.84. The van der Waals surface area contributed by atoms with Gasteiger partial charge in [-0.1, -0.05) is 11.6 Å². The Balaban J connectivity index is 2.30. The first kappa shape index (κ1) is 12.1. The van der Waals surface area contributed by atoms with E-state index in [4.69, 9.17) is 20.8 Å². The van der Waals surface area contributed by atoms with E-state index >= 15 is 0 Å². The van der Waals surface area contributed by atoms with Crippen LogP contribution in [0.5, 0.6) is 0 Å². The van der Waals surface area contributed by atoms with Crippen molar-refractivity contribution in [3.63, 3.8) is 0 Å². The minimum atomic E-state index is -0.629. The number of thiophene rings is 1. The molecule has 0 bridgehead atoms. The molecular formula is C10H9ClN2O3S. The zero-order valence-electron chi connectivity index (χ0n) is 9.19. The highest BCUT2D eigenvalue weighted by molar-refractivity contribution is 7.14. The van der Waals surface area contributed by atoms with Crippen molar-refractivity contribution < 1.29 is 13.9 Å². The zero-order chi connectivity index (χ0) is 12.4. The average Bonchev–Trinajstić information content (AvgIpc) is 2.88. The number of carbonyl (C=O) groups excluding carboxylic acids is 1. The van der Waals surface area contributed by atoms with Gasteiger partial charge >= 0.3 is 11.9 Å². The molecular weight excluding hydrogens is 264 g/mol. The fourth-order valence-electron chi connectivity index (χ4n) is 1.16.